The van der Waals surface area contributed by atoms with Crippen LogP contribution in [0.3, 0.4) is 0 Å². The molecule has 4 atom stereocenters. The largest absolute Gasteiger partial charge is 0.489 e. The van der Waals surface area contributed by atoms with Crippen molar-refractivity contribution in [2.24, 2.45) is 11.3 Å². The van der Waals surface area contributed by atoms with Crippen LogP contribution in [-0.4, -0.2) is 134 Å². The molecule has 0 radical (unpaired) electrons. The molecule has 1 saturated carbocycles. The van der Waals surface area contributed by atoms with Gasteiger partial charge in [-0.15, -0.1) is 0 Å². The predicted molar refractivity (Wildman–Crippen MR) is 284 cm³/mol. The molecule has 1 aliphatic carbocycles. The van der Waals surface area contributed by atoms with Gasteiger partial charge in [-0.3, -0.25) is 19.8 Å². The zero-order valence-corrected chi connectivity index (χ0v) is 43.1. The molecule has 1 amide bonds. The van der Waals surface area contributed by atoms with Gasteiger partial charge in [0.05, 0.1) is 45.8 Å². The van der Waals surface area contributed by atoms with Crippen LogP contribution < -0.4 is 34.2 Å². The monoisotopic (exact) mass is 1050 g/mol. The van der Waals surface area contributed by atoms with Gasteiger partial charge in [0.15, 0.2) is 11.4 Å². The molecule has 20 nitrogen and oxygen atoms in total. The lowest BCUT2D eigenvalue weighted by atomic mass is 9.59. The molecule has 4 saturated heterocycles. The molecule has 3 aromatic carbocycles. The Morgan fingerprint density at radius 1 is 0.908 bits per heavy atom. The van der Waals surface area contributed by atoms with Crippen molar-refractivity contribution >= 4 is 61.2 Å². The standard InChI is InChI=1S/C55H61N11O9S/c1-34-4-2-3-5-40(34)47-30-63(50-9-15-56-33-58-50)19-20-64(47)38-28-55(29-38)13-17-62(18-14-55)37-6-7-41(44(25-37)65-43-12-23-73-32-49(43)75-54-46(65)24-36-8-16-57-52(36)60-54)53(67)61-76(70,71)39-26-45(66(68)69)51-48(27-39)74-31-42(59-51)35-10-21-72-22-11-35/h2-9,15-16,24-27,33,35,38,42-43,47,49,59H,10-14,17-23,28-32H2,1H3,(H,57,60)(H,61,67)/t42-,43-,47-,49-/m0/s1. The number of benzene rings is 3. The Kier molecular flexibility index (Phi) is 12.5. The second kappa shape index (κ2) is 19.5. The van der Waals surface area contributed by atoms with Crippen LogP contribution in [0, 0.1) is 28.4 Å². The third-order valence-corrected chi connectivity index (χ3v) is 18.6. The predicted octanol–water partition coefficient (Wildman–Crippen LogP) is 7.29. The number of carbonyl (C=O) groups excluding carboxylic acids is 1. The molecule has 3 N–H and O–H groups in total. The number of nitrogens with one attached hydrogen (secondary N) is 3. The van der Waals surface area contributed by atoms with Crippen LogP contribution in [0.25, 0.3) is 11.0 Å². The first-order valence-electron chi connectivity index (χ1n) is 26.6. The number of H-pyrrole nitrogens is 1. The number of sulfonamides is 1. The third-order valence-electron chi connectivity index (χ3n) is 17.3. The number of nitrogens with zero attached hydrogens (tertiary/aromatic N) is 8. The van der Waals surface area contributed by atoms with Gasteiger partial charge in [0, 0.05) is 94.2 Å². The molecule has 0 bridgehead atoms. The molecule has 3 aromatic heterocycles. The van der Waals surface area contributed by atoms with E-state index in [0.717, 1.165) is 94.2 Å². The average Bonchev–Trinajstić information content (AvgIpc) is 3.97. The van der Waals surface area contributed by atoms with Gasteiger partial charge in [-0.2, -0.15) is 4.98 Å². The maximum atomic E-state index is 14.9. The lowest BCUT2D eigenvalue weighted by Gasteiger charge is -2.58. The zero-order valence-electron chi connectivity index (χ0n) is 42.3. The van der Waals surface area contributed by atoms with Crippen LogP contribution in [-0.2, 0) is 19.5 Å². The second-order valence-electron chi connectivity index (χ2n) is 21.6. The number of piperidine rings is 1. The number of pyridine rings is 1. The number of nitro groups is 1. The quantitative estimate of drug-likeness (QED) is 0.0905. The number of fused-ring (bicyclic) bond motifs is 4. The Labute approximate surface area is 440 Å². The summed E-state index contributed by atoms with van der Waals surface area (Å²) < 4.78 is 55.1. The minimum Gasteiger partial charge on any atom is -0.489 e. The summed E-state index contributed by atoms with van der Waals surface area (Å²) in [6.07, 6.45) is 11.2. The first-order valence-corrected chi connectivity index (χ1v) is 28.1. The van der Waals surface area contributed by atoms with Crippen LogP contribution in [0.4, 0.5) is 34.3 Å². The van der Waals surface area contributed by atoms with E-state index < -0.39 is 37.5 Å². The summed E-state index contributed by atoms with van der Waals surface area (Å²) in [5.74, 6) is 0.616. The number of piperazine rings is 1. The molecule has 76 heavy (non-hydrogen) atoms. The van der Waals surface area contributed by atoms with E-state index >= 15 is 0 Å². The number of aromatic amines is 1. The van der Waals surface area contributed by atoms with Gasteiger partial charge in [0.2, 0.25) is 5.88 Å². The van der Waals surface area contributed by atoms with Crippen LogP contribution >= 0.6 is 0 Å². The minimum atomic E-state index is -4.70. The van der Waals surface area contributed by atoms with Crippen molar-refractivity contribution in [3.8, 4) is 11.6 Å². The van der Waals surface area contributed by atoms with Crippen molar-refractivity contribution in [3.63, 3.8) is 0 Å². The average molecular weight is 1050 g/mol. The molecule has 7 aliphatic rings. The lowest BCUT2D eigenvalue weighted by Crippen LogP contribution is -2.60. The molecule has 1 spiro atoms. The molecule has 0 unspecified atom stereocenters. The van der Waals surface area contributed by atoms with Gasteiger partial charge in [0.25, 0.3) is 21.6 Å². The highest BCUT2D eigenvalue weighted by molar-refractivity contribution is 7.90. The maximum absolute atomic E-state index is 14.9. The maximum Gasteiger partial charge on any atom is 0.297 e. The fourth-order valence-electron chi connectivity index (χ4n) is 13.2. The molecule has 13 rings (SSSR count). The van der Waals surface area contributed by atoms with Gasteiger partial charge in [-0.05, 0) is 111 Å². The van der Waals surface area contributed by atoms with Crippen molar-refractivity contribution in [2.45, 2.75) is 87.0 Å². The SMILES string of the molecule is Cc1ccccc1[C@@H]1CN(c2ccncn2)CCN1C1CC2(CCN(c3ccc(C(=O)NS(=O)(=O)c4cc5c(c([N+](=O)[O-])c4)N[C@H](C4CCOCC4)CO5)c(N4c5cc6cc[nH]c6nc5O[C@H]5COCC[C@@H]54)c3)CC2)C1. The van der Waals surface area contributed by atoms with E-state index in [9.17, 15) is 23.3 Å². The third kappa shape index (κ3) is 8.89. The number of hydrogen-bond donors (Lipinski definition) is 3. The molecule has 9 heterocycles. The van der Waals surface area contributed by atoms with E-state index in [1.165, 1.54) is 17.2 Å². The Hall–Kier alpha value is -7.07. The Balaban J connectivity index is 0.785. The number of aromatic nitrogens is 4. The minimum absolute atomic E-state index is 0.0270. The fourth-order valence-corrected chi connectivity index (χ4v) is 14.2. The molecule has 5 fully saturated rings. The van der Waals surface area contributed by atoms with E-state index in [0.29, 0.717) is 61.8 Å². The van der Waals surface area contributed by atoms with Gasteiger partial charge in [-0.1, -0.05) is 24.3 Å². The summed E-state index contributed by atoms with van der Waals surface area (Å²) >= 11 is 0. The molecular formula is C55H61N11O9S. The van der Waals surface area contributed by atoms with Crippen molar-refractivity contribution in [3.05, 3.63) is 118 Å². The fraction of sp³-hybridized carbons (Fsp3) is 0.455. The number of hydrogen-bond acceptors (Lipinski definition) is 17. The number of ether oxygens (including phenoxy) is 4. The first-order chi connectivity index (χ1) is 37.0. The molecule has 21 heteroatoms. The number of amides is 1. The van der Waals surface area contributed by atoms with E-state index in [4.69, 9.17) is 23.9 Å². The van der Waals surface area contributed by atoms with Crippen LogP contribution in [0.5, 0.6) is 11.6 Å². The van der Waals surface area contributed by atoms with Crippen molar-refractivity contribution in [1.29, 1.82) is 0 Å². The van der Waals surface area contributed by atoms with E-state index in [2.05, 4.69) is 75.8 Å². The lowest BCUT2D eigenvalue weighted by molar-refractivity contribution is -0.384. The second-order valence-corrected chi connectivity index (χ2v) is 23.3. The highest BCUT2D eigenvalue weighted by atomic mass is 32.2. The highest BCUT2D eigenvalue weighted by Gasteiger charge is 2.50. The van der Waals surface area contributed by atoms with Gasteiger partial charge >= 0.3 is 0 Å². The van der Waals surface area contributed by atoms with Gasteiger partial charge in [-0.25, -0.2) is 23.1 Å². The van der Waals surface area contributed by atoms with E-state index in [-0.39, 0.29) is 53.1 Å². The van der Waals surface area contributed by atoms with Gasteiger partial charge in [0.1, 0.15) is 36.2 Å². The number of anilines is 5. The topological polar surface area (TPSA) is 223 Å². The van der Waals surface area contributed by atoms with Crippen LogP contribution in [0.1, 0.15) is 72.5 Å². The van der Waals surface area contributed by atoms with Crippen molar-refractivity contribution in [1.82, 2.24) is 29.6 Å². The molecule has 6 aliphatic heterocycles. The van der Waals surface area contributed by atoms with Gasteiger partial charge < -0.3 is 43.9 Å². The Morgan fingerprint density at radius 2 is 1.74 bits per heavy atom. The zero-order chi connectivity index (χ0) is 51.7. The number of nitro benzene ring substituents is 1. The number of aryl methyl sites for hydroxylation is 1. The molecular weight excluding hydrogens is 991 g/mol. The summed E-state index contributed by atoms with van der Waals surface area (Å²) in [5.41, 5.74) is 5.28. The Morgan fingerprint density at radius 3 is 2.54 bits per heavy atom. The highest BCUT2D eigenvalue weighted by Crippen LogP contribution is 2.54. The summed E-state index contributed by atoms with van der Waals surface area (Å²) in [6, 6.07) is 22.6. The normalized spacial score (nSPS) is 23.8. The van der Waals surface area contributed by atoms with Crippen molar-refractivity contribution < 1.29 is 37.1 Å². The Bertz CT molecular complexity index is 3300. The summed E-state index contributed by atoms with van der Waals surface area (Å²) in [6.45, 7) is 8.64. The number of carbonyl (C=O) groups is 1. The van der Waals surface area contributed by atoms with Crippen molar-refractivity contribution in [2.75, 3.05) is 85.8 Å². The number of rotatable bonds is 10. The van der Waals surface area contributed by atoms with Crippen LogP contribution in [0.2, 0.25) is 0 Å². The first kappa shape index (κ1) is 48.6. The molecule has 396 valence electrons. The van der Waals surface area contributed by atoms with E-state index in [1.807, 2.05) is 42.7 Å². The smallest absolute Gasteiger partial charge is 0.297 e. The summed E-state index contributed by atoms with van der Waals surface area (Å²) in [4.78, 5) is 52.7. The summed E-state index contributed by atoms with van der Waals surface area (Å²) in [5, 5.41) is 16.7. The molecule has 6 aromatic rings. The van der Waals surface area contributed by atoms with E-state index in [1.54, 1.807) is 12.4 Å². The van der Waals surface area contributed by atoms with Crippen LogP contribution in [0.15, 0.2) is 96.4 Å². The summed E-state index contributed by atoms with van der Waals surface area (Å²) in [7, 11) is -4.70.